The highest BCUT2D eigenvalue weighted by molar-refractivity contribution is 5.91. The van der Waals surface area contributed by atoms with Crippen molar-refractivity contribution in [3.05, 3.63) is 59.9 Å². The smallest absolute Gasteiger partial charge is 0.232 e. The first-order chi connectivity index (χ1) is 11.2. The van der Waals surface area contributed by atoms with Gasteiger partial charge in [-0.3, -0.25) is 0 Å². The van der Waals surface area contributed by atoms with E-state index in [0.29, 0.717) is 0 Å². The summed E-state index contributed by atoms with van der Waals surface area (Å²) in [6.45, 7) is 2.21. The minimum absolute atomic E-state index is 0.743. The van der Waals surface area contributed by atoms with Crippen LogP contribution in [-0.4, -0.2) is 4.98 Å². The fourth-order valence-electron chi connectivity index (χ4n) is 3.93. The van der Waals surface area contributed by atoms with Crippen molar-refractivity contribution in [3.8, 4) is 11.3 Å². The molecule has 2 heteroatoms. The van der Waals surface area contributed by atoms with Crippen LogP contribution in [0.5, 0.6) is 0 Å². The van der Waals surface area contributed by atoms with Crippen LogP contribution in [0.15, 0.2) is 48.8 Å². The maximum Gasteiger partial charge on any atom is 0.287 e. The molecule has 1 aromatic heterocycles. The minimum Gasteiger partial charge on any atom is -0.232 e. The summed E-state index contributed by atoms with van der Waals surface area (Å²) in [5.74, 6) is 0.743. The van der Waals surface area contributed by atoms with Gasteiger partial charge in [-0.15, -0.1) is 0 Å². The number of aryl methyl sites for hydroxylation is 2. The molecule has 2 nitrogen and oxygen atoms in total. The van der Waals surface area contributed by atoms with Crippen molar-refractivity contribution in [1.82, 2.24) is 4.98 Å². The van der Waals surface area contributed by atoms with Crippen LogP contribution < -0.4 is 4.57 Å². The maximum absolute atomic E-state index is 4.56. The first-order valence-electron chi connectivity index (χ1n) is 8.58. The highest BCUT2D eigenvalue weighted by atomic mass is 15.0. The highest BCUT2D eigenvalue weighted by Gasteiger charge is 2.21. The number of nitrogens with zero attached hydrogens (tertiary/aromatic N) is 2. The molecule has 116 valence electrons. The number of para-hydroxylation sites is 1. The fourth-order valence-corrected chi connectivity index (χ4v) is 3.93. The number of rotatable bonds is 2. The highest BCUT2D eigenvalue weighted by Crippen LogP contribution is 2.37. The molecule has 0 atom stereocenters. The summed E-state index contributed by atoms with van der Waals surface area (Å²) in [5, 5.41) is 1.23. The Morgan fingerprint density at radius 2 is 1.83 bits per heavy atom. The van der Waals surface area contributed by atoms with Gasteiger partial charge in [-0.2, -0.15) is 0 Å². The SMILES string of the molecule is Cc1ccc(C2CCCC2)cc1-c1c2ccccc2nc[n+]1C. The van der Waals surface area contributed by atoms with E-state index < -0.39 is 0 Å². The van der Waals surface area contributed by atoms with Crippen LogP contribution in [0.3, 0.4) is 0 Å². The molecule has 0 spiro atoms. The molecule has 0 saturated heterocycles. The van der Waals surface area contributed by atoms with E-state index in [-0.39, 0.29) is 0 Å². The van der Waals surface area contributed by atoms with Crippen molar-refractivity contribution in [2.24, 2.45) is 7.05 Å². The second-order valence-electron chi connectivity index (χ2n) is 6.78. The third-order valence-corrected chi connectivity index (χ3v) is 5.23. The van der Waals surface area contributed by atoms with Gasteiger partial charge in [0.1, 0.15) is 5.69 Å². The maximum atomic E-state index is 4.56. The molecule has 1 fully saturated rings. The van der Waals surface area contributed by atoms with Gasteiger partial charge in [0, 0.05) is 5.56 Å². The molecule has 1 saturated carbocycles. The van der Waals surface area contributed by atoms with Gasteiger partial charge >= 0.3 is 0 Å². The van der Waals surface area contributed by atoms with Crippen molar-refractivity contribution in [1.29, 1.82) is 0 Å². The zero-order valence-corrected chi connectivity index (χ0v) is 13.9. The third-order valence-electron chi connectivity index (χ3n) is 5.23. The van der Waals surface area contributed by atoms with Gasteiger partial charge in [0.15, 0.2) is 5.52 Å². The summed E-state index contributed by atoms with van der Waals surface area (Å²) in [5.41, 5.74) is 6.51. The van der Waals surface area contributed by atoms with Crippen molar-refractivity contribution >= 4 is 10.9 Å². The lowest BCUT2D eigenvalue weighted by Crippen LogP contribution is -2.31. The second kappa shape index (κ2) is 5.77. The minimum atomic E-state index is 0.743. The van der Waals surface area contributed by atoms with Gasteiger partial charge in [-0.25, -0.2) is 4.57 Å². The molecule has 4 rings (SSSR count). The lowest BCUT2D eigenvalue weighted by molar-refractivity contribution is -0.662. The molecule has 3 aromatic rings. The summed E-state index contributed by atoms with van der Waals surface area (Å²) in [4.78, 5) is 4.56. The third kappa shape index (κ3) is 2.52. The Kier molecular flexibility index (Phi) is 3.60. The first kappa shape index (κ1) is 14.4. The Hall–Kier alpha value is -2.22. The van der Waals surface area contributed by atoms with Crippen molar-refractivity contribution in [3.63, 3.8) is 0 Å². The van der Waals surface area contributed by atoms with Crippen LogP contribution in [0.25, 0.3) is 22.2 Å². The van der Waals surface area contributed by atoms with E-state index in [0.717, 1.165) is 11.4 Å². The Morgan fingerprint density at radius 1 is 1.04 bits per heavy atom. The summed E-state index contributed by atoms with van der Waals surface area (Å²) < 4.78 is 2.16. The van der Waals surface area contributed by atoms with E-state index in [1.807, 2.05) is 6.33 Å². The molecule has 0 bridgehead atoms. The zero-order chi connectivity index (χ0) is 15.8. The molecular weight excluding hydrogens is 280 g/mol. The summed E-state index contributed by atoms with van der Waals surface area (Å²) in [6, 6.07) is 15.5. The van der Waals surface area contributed by atoms with Gasteiger partial charge in [0.25, 0.3) is 6.33 Å². The van der Waals surface area contributed by atoms with E-state index in [1.54, 1.807) is 0 Å². The van der Waals surface area contributed by atoms with Crippen LogP contribution >= 0.6 is 0 Å². The van der Waals surface area contributed by atoms with Crippen molar-refractivity contribution in [2.75, 3.05) is 0 Å². The molecule has 0 unspecified atom stereocenters. The Balaban J connectivity index is 1.93. The van der Waals surface area contributed by atoms with E-state index in [4.69, 9.17) is 0 Å². The van der Waals surface area contributed by atoms with Crippen LogP contribution in [0.2, 0.25) is 0 Å². The predicted molar refractivity (Wildman–Crippen MR) is 94.3 cm³/mol. The normalized spacial score (nSPS) is 15.4. The molecule has 1 aliphatic rings. The number of benzene rings is 2. The summed E-state index contributed by atoms with van der Waals surface area (Å²) >= 11 is 0. The van der Waals surface area contributed by atoms with E-state index >= 15 is 0 Å². The van der Waals surface area contributed by atoms with Crippen LogP contribution in [0, 0.1) is 6.92 Å². The number of hydrogen-bond acceptors (Lipinski definition) is 1. The molecule has 0 N–H and O–H groups in total. The van der Waals surface area contributed by atoms with Crippen molar-refractivity contribution < 1.29 is 4.57 Å². The molecule has 2 aromatic carbocycles. The second-order valence-corrected chi connectivity index (χ2v) is 6.78. The molecule has 0 radical (unpaired) electrons. The Morgan fingerprint density at radius 3 is 2.65 bits per heavy atom. The van der Waals surface area contributed by atoms with Crippen LogP contribution in [-0.2, 0) is 7.05 Å². The number of fused-ring (bicyclic) bond motifs is 1. The average molecular weight is 303 g/mol. The number of hydrogen-bond donors (Lipinski definition) is 0. The van der Waals surface area contributed by atoms with E-state index in [1.165, 1.54) is 53.5 Å². The first-order valence-corrected chi connectivity index (χ1v) is 8.58. The lowest BCUT2D eigenvalue weighted by Gasteiger charge is -2.14. The van der Waals surface area contributed by atoms with Crippen molar-refractivity contribution in [2.45, 2.75) is 38.5 Å². The molecule has 1 aliphatic carbocycles. The molecule has 1 heterocycles. The largest absolute Gasteiger partial charge is 0.287 e. The fraction of sp³-hybridized carbons (Fsp3) is 0.333. The van der Waals surface area contributed by atoms with Gasteiger partial charge in [0.2, 0.25) is 0 Å². The molecule has 0 aliphatic heterocycles. The summed E-state index contributed by atoms with van der Waals surface area (Å²) in [6.07, 6.45) is 7.36. The van der Waals surface area contributed by atoms with Crippen LogP contribution in [0.1, 0.15) is 42.7 Å². The van der Waals surface area contributed by atoms with Gasteiger partial charge in [-0.1, -0.05) is 37.1 Å². The lowest BCUT2D eigenvalue weighted by atomic mass is 9.92. The van der Waals surface area contributed by atoms with Crippen LogP contribution in [0.4, 0.5) is 0 Å². The van der Waals surface area contributed by atoms with Gasteiger partial charge in [-0.05, 0) is 60.0 Å². The van der Waals surface area contributed by atoms with E-state index in [2.05, 4.69) is 66.0 Å². The molecular formula is C21H23N2+. The van der Waals surface area contributed by atoms with Gasteiger partial charge < -0.3 is 0 Å². The van der Waals surface area contributed by atoms with E-state index in [9.17, 15) is 0 Å². The predicted octanol–water partition coefficient (Wildman–Crippen LogP) is 4.69. The molecule has 0 amide bonds. The number of aromatic nitrogens is 2. The Bertz CT molecular complexity index is 861. The topological polar surface area (TPSA) is 16.8 Å². The Labute approximate surface area is 137 Å². The standard InChI is InChI=1S/C21H23N2/c1-15-11-12-17(16-7-3-4-8-16)13-19(15)21-18-9-5-6-10-20(18)22-14-23(21)2/h5-6,9-14,16H,3-4,7-8H2,1-2H3/q+1. The summed E-state index contributed by atoms with van der Waals surface area (Å²) in [7, 11) is 2.09. The monoisotopic (exact) mass is 303 g/mol. The molecule has 23 heavy (non-hydrogen) atoms. The average Bonchev–Trinajstić information content (AvgIpc) is 3.10. The zero-order valence-electron chi connectivity index (χ0n) is 13.9. The quantitative estimate of drug-likeness (QED) is 0.627. The van der Waals surface area contributed by atoms with Gasteiger partial charge in [0.05, 0.1) is 12.4 Å².